The summed E-state index contributed by atoms with van der Waals surface area (Å²) in [5.74, 6) is -0.374. The van der Waals surface area contributed by atoms with E-state index in [2.05, 4.69) is 13.8 Å². The van der Waals surface area contributed by atoms with Crippen LogP contribution in [0.5, 0.6) is 0 Å². The standard InChI is InChI=1S/C21H32O10S2/c1-11(21(6)32-7-8-33-21)9-27-20-19(30-15(5)25)18(29-14(4)24)17(28-13(3)23)16(31-20)10-26-12(2)22/h11,16-20H,7-10H2,1-6H3/t11-,16-,17-,18+,19-,20-/m1/s1. The van der Waals surface area contributed by atoms with E-state index in [1.807, 2.05) is 23.5 Å². The Balaban J connectivity index is 2.31. The van der Waals surface area contributed by atoms with Gasteiger partial charge < -0.3 is 28.4 Å². The quantitative estimate of drug-likeness (QED) is 0.334. The monoisotopic (exact) mass is 508 g/mol. The maximum atomic E-state index is 11.9. The minimum absolute atomic E-state index is 0.0434. The number of esters is 4. The first-order valence-corrected chi connectivity index (χ1v) is 12.6. The number of rotatable bonds is 9. The Morgan fingerprint density at radius 2 is 1.39 bits per heavy atom. The molecule has 0 N–H and O–H groups in total. The molecule has 2 rings (SSSR count). The van der Waals surface area contributed by atoms with Gasteiger partial charge in [0.05, 0.1) is 10.7 Å². The van der Waals surface area contributed by atoms with Crippen LogP contribution in [0.1, 0.15) is 41.5 Å². The summed E-state index contributed by atoms with van der Waals surface area (Å²) in [5, 5.41) is 0. The molecule has 0 unspecified atom stereocenters. The average Bonchev–Trinajstić information content (AvgIpc) is 3.15. The molecule has 2 aliphatic heterocycles. The highest BCUT2D eigenvalue weighted by molar-refractivity contribution is 8.21. The molecule has 188 valence electrons. The van der Waals surface area contributed by atoms with Crippen molar-refractivity contribution in [3.63, 3.8) is 0 Å². The van der Waals surface area contributed by atoms with Gasteiger partial charge in [-0.15, -0.1) is 23.5 Å². The zero-order valence-corrected chi connectivity index (χ0v) is 21.3. The lowest BCUT2D eigenvalue weighted by Crippen LogP contribution is -2.63. The van der Waals surface area contributed by atoms with Gasteiger partial charge in [0.15, 0.2) is 24.6 Å². The second kappa shape index (κ2) is 12.3. The number of thioether (sulfide) groups is 2. The van der Waals surface area contributed by atoms with Crippen molar-refractivity contribution in [2.75, 3.05) is 24.7 Å². The number of hydrogen-bond acceptors (Lipinski definition) is 12. The van der Waals surface area contributed by atoms with Crippen LogP contribution in [0.3, 0.4) is 0 Å². The van der Waals surface area contributed by atoms with Crippen LogP contribution in [0.2, 0.25) is 0 Å². The molecule has 33 heavy (non-hydrogen) atoms. The van der Waals surface area contributed by atoms with Crippen LogP contribution >= 0.6 is 23.5 Å². The normalized spacial score (nSPS) is 29.6. The van der Waals surface area contributed by atoms with Gasteiger partial charge in [-0.1, -0.05) is 6.92 Å². The van der Waals surface area contributed by atoms with Gasteiger partial charge in [-0.2, -0.15) is 0 Å². The highest BCUT2D eigenvalue weighted by Gasteiger charge is 2.53. The minimum atomic E-state index is -1.23. The summed E-state index contributed by atoms with van der Waals surface area (Å²) >= 11 is 3.70. The van der Waals surface area contributed by atoms with Gasteiger partial charge in [-0.3, -0.25) is 19.2 Å². The Bertz CT molecular complexity index is 724. The highest BCUT2D eigenvalue weighted by Crippen LogP contribution is 2.48. The van der Waals surface area contributed by atoms with Gasteiger partial charge in [0.25, 0.3) is 0 Å². The van der Waals surface area contributed by atoms with E-state index in [0.717, 1.165) is 11.5 Å². The van der Waals surface area contributed by atoms with Crippen molar-refractivity contribution in [1.82, 2.24) is 0 Å². The summed E-state index contributed by atoms with van der Waals surface area (Å²) in [6.45, 7) is 8.97. The van der Waals surface area contributed by atoms with Crippen molar-refractivity contribution in [3.8, 4) is 0 Å². The first-order valence-electron chi connectivity index (χ1n) is 10.6. The second-order valence-corrected chi connectivity index (χ2v) is 11.4. The van der Waals surface area contributed by atoms with Gasteiger partial charge in [0.1, 0.15) is 12.7 Å². The first-order chi connectivity index (χ1) is 15.4. The summed E-state index contributed by atoms with van der Waals surface area (Å²) in [5.41, 5.74) is 0. The molecule has 2 saturated heterocycles. The summed E-state index contributed by atoms with van der Waals surface area (Å²) in [7, 11) is 0. The van der Waals surface area contributed by atoms with Crippen LogP contribution in [0.25, 0.3) is 0 Å². The van der Waals surface area contributed by atoms with E-state index in [-0.39, 0.29) is 23.2 Å². The zero-order valence-electron chi connectivity index (χ0n) is 19.7. The number of carbonyl (C=O) groups is 4. The van der Waals surface area contributed by atoms with Crippen molar-refractivity contribution in [3.05, 3.63) is 0 Å². The van der Waals surface area contributed by atoms with Crippen LogP contribution in [-0.4, -0.2) is 83.4 Å². The fraction of sp³-hybridized carbons (Fsp3) is 0.810. The minimum Gasteiger partial charge on any atom is -0.463 e. The molecule has 2 aliphatic rings. The maximum absolute atomic E-state index is 11.9. The van der Waals surface area contributed by atoms with Crippen molar-refractivity contribution in [2.24, 2.45) is 5.92 Å². The molecule has 0 aromatic rings. The zero-order chi connectivity index (χ0) is 24.8. The largest absolute Gasteiger partial charge is 0.463 e. The van der Waals surface area contributed by atoms with Crippen molar-refractivity contribution >= 4 is 47.4 Å². The lowest BCUT2D eigenvalue weighted by molar-refractivity contribution is -0.309. The summed E-state index contributed by atoms with van der Waals surface area (Å²) in [6.07, 6.45) is -5.78. The van der Waals surface area contributed by atoms with E-state index < -0.39 is 54.6 Å². The second-order valence-electron chi connectivity index (χ2n) is 8.01. The number of ether oxygens (including phenoxy) is 6. The molecule has 0 bridgehead atoms. The van der Waals surface area contributed by atoms with Crippen molar-refractivity contribution in [2.45, 2.75) is 76.3 Å². The van der Waals surface area contributed by atoms with Gasteiger partial charge in [-0.05, 0) is 6.92 Å². The van der Waals surface area contributed by atoms with E-state index in [9.17, 15) is 19.2 Å². The van der Waals surface area contributed by atoms with Crippen LogP contribution in [0.4, 0.5) is 0 Å². The number of hydrogen-bond donors (Lipinski definition) is 0. The Hall–Kier alpha value is -1.50. The molecule has 0 aliphatic carbocycles. The lowest BCUT2D eigenvalue weighted by Gasteiger charge is -2.44. The third-order valence-corrected chi connectivity index (χ3v) is 8.95. The third kappa shape index (κ3) is 8.04. The van der Waals surface area contributed by atoms with E-state index in [1.165, 1.54) is 27.7 Å². The smallest absolute Gasteiger partial charge is 0.303 e. The molecule has 2 fully saturated rings. The summed E-state index contributed by atoms with van der Waals surface area (Å²) in [4.78, 5) is 46.9. The van der Waals surface area contributed by atoms with Crippen LogP contribution in [-0.2, 0) is 47.6 Å². The Kier molecular flexibility index (Phi) is 10.3. The van der Waals surface area contributed by atoms with E-state index in [0.29, 0.717) is 0 Å². The van der Waals surface area contributed by atoms with Crippen molar-refractivity contribution in [1.29, 1.82) is 0 Å². The fourth-order valence-electron chi connectivity index (χ4n) is 3.53. The van der Waals surface area contributed by atoms with Gasteiger partial charge in [0.2, 0.25) is 0 Å². The van der Waals surface area contributed by atoms with Crippen LogP contribution < -0.4 is 0 Å². The van der Waals surface area contributed by atoms with E-state index in [4.69, 9.17) is 28.4 Å². The molecular weight excluding hydrogens is 476 g/mol. The van der Waals surface area contributed by atoms with E-state index >= 15 is 0 Å². The fourth-order valence-corrected chi connectivity index (χ4v) is 6.54. The maximum Gasteiger partial charge on any atom is 0.303 e. The molecular formula is C21H32O10S2. The van der Waals surface area contributed by atoms with Gasteiger partial charge in [0, 0.05) is 45.1 Å². The molecule has 0 aromatic carbocycles. The lowest BCUT2D eigenvalue weighted by atomic mass is 9.98. The Morgan fingerprint density at radius 3 is 1.91 bits per heavy atom. The molecule has 0 radical (unpaired) electrons. The SMILES string of the molecule is CC(=O)OC[C@H]1O[C@@H](OC[C@@H](C)C2(C)SCCS2)[C@H](OC(C)=O)[C@@H](OC(C)=O)[C@@H]1OC(C)=O. The predicted octanol–water partition coefficient (Wildman–Crippen LogP) is 1.92. The van der Waals surface area contributed by atoms with Crippen LogP contribution in [0.15, 0.2) is 0 Å². The van der Waals surface area contributed by atoms with Crippen LogP contribution in [0, 0.1) is 5.92 Å². The highest BCUT2D eigenvalue weighted by atomic mass is 32.2. The van der Waals surface area contributed by atoms with E-state index in [1.54, 1.807) is 0 Å². The molecule has 2 heterocycles. The Morgan fingerprint density at radius 1 is 0.879 bits per heavy atom. The molecule has 0 aromatic heterocycles. The third-order valence-electron chi connectivity index (χ3n) is 5.21. The first kappa shape index (κ1) is 27.7. The molecule has 6 atom stereocenters. The van der Waals surface area contributed by atoms with Gasteiger partial charge >= 0.3 is 23.9 Å². The Labute approximate surface area is 202 Å². The molecule has 12 heteroatoms. The average molecular weight is 509 g/mol. The summed E-state index contributed by atoms with van der Waals surface area (Å²) < 4.78 is 33.2. The topological polar surface area (TPSA) is 124 Å². The molecule has 0 spiro atoms. The molecule has 10 nitrogen and oxygen atoms in total. The van der Waals surface area contributed by atoms with Crippen molar-refractivity contribution < 1.29 is 47.6 Å². The molecule has 0 amide bonds. The molecule has 0 saturated carbocycles. The predicted molar refractivity (Wildman–Crippen MR) is 120 cm³/mol. The summed E-state index contributed by atoms with van der Waals surface area (Å²) in [6, 6.07) is 0. The number of carbonyl (C=O) groups excluding carboxylic acids is 4. The van der Waals surface area contributed by atoms with Gasteiger partial charge in [-0.25, -0.2) is 0 Å².